The van der Waals surface area contributed by atoms with Crippen LogP contribution in [0.5, 0.6) is 0 Å². The molecule has 120 valence electrons. The molecule has 3 nitrogen and oxygen atoms in total. The lowest BCUT2D eigenvalue weighted by Gasteiger charge is -2.06. The Bertz CT molecular complexity index is 873. The van der Waals surface area contributed by atoms with Gasteiger partial charge in [0.1, 0.15) is 0 Å². The van der Waals surface area contributed by atoms with E-state index in [0.717, 1.165) is 16.2 Å². The summed E-state index contributed by atoms with van der Waals surface area (Å²) in [6.45, 7) is 9.05. The summed E-state index contributed by atoms with van der Waals surface area (Å²) < 4.78 is 0. The highest BCUT2D eigenvalue weighted by Crippen LogP contribution is 2.28. The second-order valence-corrected chi connectivity index (χ2v) is 7.38. The van der Waals surface area contributed by atoms with Crippen LogP contribution in [0.25, 0.3) is 10.9 Å². The van der Waals surface area contributed by atoms with E-state index in [4.69, 9.17) is 0 Å². The van der Waals surface area contributed by atoms with Crippen molar-refractivity contribution in [1.82, 2.24) is 10.3 Å². The fourth-order valence-corrected chi connectivity index (χ4v) is 3.85. The molecule has 3 aromatic rings. The van der Waals surface area contributed by atoms with Crippen LogP contribution in [0.3, 0.4) is 0 Å². The maximum atomic E-state index is 12.1. The van der Waals surface area contributed by atoms with Crippen molar-refractivity contribution in [2.24, 2.45) is 0 Å². The number of aromatic amines is 1. The quantitative estimate of drug-likeness (QED) is 0.731. The number of amides is 1. The Balaban J connectivity index is 1.76. The third-order valence-corrected chi connectivity index (χ3v) is 5.31. The number of hydrogen-bond donors (Lipinski definition) is 2. The number of carbonyl (C=O) groups is 1. The van der Waals surface area contributed by atoms with Crippen molar-refractivity contribution in [1.29, 1.82) is 0 Å². The van der Waals surface area contributed by atoms with Gasteiger partial charge in [-0.2, -0.15) is 0 Å². The molecule has 0 bridgehead atoms. The van der Waals surface area contributed by atoms with E-state index in [0.29, 0.717) is 6.54 Å². The van der Waals surface area contributed by atoms with E-state index in [-0.39, 0.29) is 5.91 Å². The summed E-state index contributed by atoms with van der Waals surface area (Å²) in [5.74, 6) is 0.0218. The Morgan fingerprint density at radius 1 is 1.09 bits per heavy atom. The third kappa shape index (κ3) is 3.04. The predicted octanol–water partition coefficient (Wildman–Crippen LogP) is 4.44. The zero-order valence-electron chi connectivity index (χ0n) is 14.0. The summed E-state index contributed by atoms with van der Waals surface area (Å²) in [4.78, 5) is 17.6. The summed E-state index contributed by atoms with van der Waals surface area (Å²) in [5, 5.41) is 4.34. The van der Waals surface area contributed by atoms with Gasteiger partial charge in [0.25, 0.3) is 5.91 Å². The maximum absolute atomic E-state index is 12.1. The molecule has 0 radical (unpaired) electrons. The molecule has 2 N–H and O–H groups in total. The van der Waals surface area contributed by atoms with E-state index in [1.165, 1.54) is 44.6 Å². The molecule has 0 aliphatic carbocycles. The number of fused-ring (bicyclic) bond motifs is 1. The highest BCUT2D eigenvalue weighted by Gasteiger charge is 2.13. The van der Waals surface area contributed by atoms with Crippen LogP contribution in [-0.4, -0.2) is 17.4 Å². The summed E-state index contributed by atoms with van der Waals surface area (Å²) >= 11 is 1.54. The van der Waals surface area contributed by atoms with Gasteiger partial charge < -0.3 is 10.3 Å². The number of aryl methyl sites for hydroxylation is 4. The molecule has 0 spiro atoms. The van der Waals surface area contributed by atoms with Crippen LogP contribution in [0.4, 0.5) is 0 Å². The first kappa shape index (κ1) is 15.8. The predicted molar refractivity (Wildman–Crippen MR) is 97.6 cm³/mol. The molecule has 0 unspecified atom stereocenters. The zero-order chi connectivity index (χ0) is 16.6. The monoisotopic (exact) mass is 326 g/mol. The second kappa shape index (κ2) is 6.20. The molecule has 1 aromatic carbocycles. The minimum atomic E-state index is 0.0218. The highest BCUT2D eigenvalue weighted by molar-refractivity contribution is 7.13. The molecule has 0 atom stereocenters. The van der Waals surface area contributed by atoms with Crippen molar-refractivity contribution in [3.8, 4) is 0 Å². The Hall–Kier alpha value is -2.07. The average molecular weight is 326 g/mol. The zero-order valence-corrected chi connectivity index (χ0v) is 14.9. The number of H-pyrrole nitrogens is 1. The fraction of sp³-hybridized carbons (Fsp3) is 0.316. The van der Waals surface area contributed by atoms with Gasteiger partial charge in [0, 0.05) is 28.0 Å². The van der Waals surface area contributed by atoms with Crippen LogP contribution in [0, 0.1) is 27.7 Å². The van der Waals surface area contributed by atoms with Gasteiger partial charge >= 0.3 is 0 Å². The van der Waals surface area contributed by atoms with Crippen LogP contribution in [0.1, 0.15) is 36.9 Å². The van der Waals surface area contributed by atoms with Gasteiger partial charge in [-0.3, -0.25) is 4.79 Å². The van der Waals surface area contributed by atoms with Gasteiger partial charge in [-0.15, -0.1) is 11.3 Å². The van der Waals surface area contributed by atoms with Gasteiger partial charge in [-0.1, -0.05) is 12.1 Å². The number of nitrogens with one attached hydrogen (secondary N) is 2. The molecule has 0 aliphatic rings. The molecule has 3 rings (SSSR count). The van der Waals surface area contributed by atoms with Crippen LogP contribution in [-0.2, 0) is 6.42 Å². The lowest BCUT2D eigenvalue weighted by molar-refractivity contribution is 0.0958. The molecule has 0 saturated heterocycles. The Labute approximate surface area is 140 Å². The Morgan fingerprint density at radius 2 is 1.83 bits per heavy atom. The number of rotatable bonds is 4. The van der Waals surface area contributed by atoms with Crippen molar-refractivity contribution in [3.63, 3.8) is 0 Å². The molecule has 0 saturated carbocycles. The van der Waals surface area contributed by atoms with Crippen molar-refractivity contribution in [2.45, 2.75) is 34.1 Å². The molecule has 23 heavy (non-hydrogen) atoms. The van der Waals surface area contributed by atoms with Gasteiger partial charge in [-0.25, -0.2) is 0 Å². The van der Waals surface area contributed by atoms with Crippen LogP contribution in [0.2, 0.25) is 0 Å². The molecular formula is C19H22N2OS. The highest BCUT2D eigenvalue weighted by atomic mass is 32.1. The third-order valence-electron chi connectivity index (χ3n) is 4.31. The van der Waals surface area contributed by atoms with E-state index in [9.17, 15) is 4.79 Å². The van der Waals surface area contributed by atoms with Crippen molar-refractivity contribution >= 4 is 28.1 Å². The van der Waals surface area contributed by atoms with Gasteiger partial charge in [0.15, 0.2) is 0 Å². The minimum Gasteiger partial charge on any atom is -0.358 e. The molecule has 2 heterocycles. The topological polar surface area (TPSA) is 44.9 Å². The number of thiophene rings is 1. The molecule has 4 heteroatoms. The first-order chi connectivity index (χ1) is 11.0. The fourth-order valence-electron chi connectivity index (χ4n) is 3.07. The Kier molecular flexibility index (Phi) is 4.26. The number of hydrogen-bond acceptors (Lipinski definition) is 2. The molecular weight excluding hydrogens is 304 g/mol. The van der Waals surface area contributed by atoms with E-state index in [2.05, 4.69) is 43.2 Å². The van der Waals surface area contributed by atoms with E-state index >= 15 is 0 Å². The van der Waals surface area contributed by atoms with Gasteiger partial charge in [0.2, 0.25) is 0 Å². The molecule has 0 fully saturated rings. The normalized spacial score (nSPS) is 11.1. The smallest absolute Gasteiger partial charge is 0.261 e. The lowest BCUT2D eigenvalue weighted by Crippen LogP contribution is -2.25. The SMILES string of the molecule is Cc1ccc(C(=O)NCCc2c(C)[nH]c3c(C)ccc(C)c23)s1. The van der Waals surface area contributed by atoms with Crippen molar-refractivity contribution in [2.75, 3.05) is 6.54 Å². The Morgan fingerprint density at radius 3 is 2.52 bits per heavy atom. The van der Waals surface area contributed by atoms with E-state index in [1.54, 1.807) is 0 Å². The van der Waals surface area contributed by atoms with Crippen LogP contribution < -0.4 is 5.32 Å². The second-order valence-electron chi connectivity index (χ2n) is 6.09. The van der Waals surface area contributed by atoms with E-state index < -0.39 is 0 Å². The van der Waals surface area contributed by atoms with Gasteiger partial charge in [-0.05, 0) is 62.9 Å². The summed E-state index contributed by atoms with van der Waals surface area (Å²) in [7, 11) is 0. The summed E-state index contributed by atoms with van der Waals surface area (Å²) in [5.41, 5.74) is 6.27. The standard InChI is InChI=1S/C19H22N2OS/c1-11-5-6-12(2)18-17(11)15(14(4)21-18)9-10-20-19(22)16-8-7-13(3)23-16/h5-8,21H,9-10H2,1-4H3,(H,20,22). The first-order valence-corrected chi connectivity index (χ1v) is 8.71. The lowest BCUT2D eigenvalue weighted by atomic mass is 10.0. The van der Waals surface area contributed by atoms with E-state index in [1.807, 2.05) is 19.1 Å². The summed E-state index contributed by atoms with van der Waals surface area (Å²) in [6.07, 6.45) is 0.840. The maximum Gasteiger partial charge on any atom is 0.261 e. The molecule has 1 amide bonds. The first-order valence-electron chi connectivity index (χ1n) is 7.89. The van der Waals surface area contributed by atoms with Gasteiger partial charge in [0.05, 0.1) is 4.88 Å². The van der Waals surface area contributed by atoms with Crippen molar-refractivity contribution in [3.05, 3.63) is 56.4 Å². The van der Waals surface area contributed by atoms with Crippen molar-refractivity contribution < 1.29 is 4.79 Å². The number of carbonyl (C=O) groups excluding carboxylic acids is 1. The van der Waals surface area contributed by atoms with Crippen LogP contribution >= 0.6 is 11.3 Å². The molecule has 2 aromatic heterocycles. The number of benzene rings is 1. The molecule has 0 aliphatic heterocycles. The van der Waals surface area contributed by atoms with Crippen LogP contribution in [0.15, 0.2) is 24.3 Å². The number of aromatic nitrogens is 1. The average Bonchev–Trinajstić information content (AvgIpc) is 3.08. The minimum absolute atomic E-state index is 0.0218. The summed E-state index contributed by atoms with van der Waals surface area (Å²) in [6, 6.07) is 8.19. The largest absolute Gasteiger partial charge is 0.358 e.